The fourth-order valence-electron chi connectivity index (χ4n) is 1.81. The van der Waals surface area contributed by atoms with Gasteiger partial charge in [0.15, 0.2) is 0 Å². The summed E-state index contributed by atoms with van der Waals surface area (Å²) in [6.45, 7) is 0. The van der Waals surface area contributed by atoms with Gasteiger partial charge in [-0.2, -0.15) is 0 Å². The SMILES string of the molecule is COc1ccc(C(=O)Nc2ccc(CCCl)cc2)cc1. The third-order valence-corrected chi connectivity index (χ3v) is 3.14. The van der Waals surface area contributed by atoms with Gasteiger partial charge in [0.1, 0.15) is 5.75 Å². The summed E-state index contributed by atoms with van der Waals surface area (Å²) in [7, 11) is 1.59. The van der Waals surface area contributed by atoms with Crippen molar-refractivity contribution in [3.63, 3.8) is 0 Å². The average Bonchev–Trinajstić information content (AvgIpc) is 2.49. The first-order valence-electron chi connectivity index (χ1n) is 6.33. The van der Waals surface area contributed by atoms with Crippen molar-refractivity contribution in [2.45, 2.75) is 6.42 Å². The summed E-state index contributed by atoms with van der Waals surface area (Å²) in [5, 5.41) is 2.85. The van der Waals surface area contributed by atoms with Crippen molar-refractivity contribution >= 4 is 23.2 Å². The Morgan fingerprint density at radius 2 is 1.75 bits per heavy atom. The Morgan fingerprint density at radius 1 is 1.10 bits per heavy atom. The lowest BCUT2D eigenvalue weighted by Crippen LogP contribution is -2.11. The van der Waals surface area contributed by atoms with E-state index in [2.05, 4.69) is 5.32 Å². The average molecular weight is 290 g/mol. The van der Waals surface area contributed by atoms with Crippen molar-refractivity contribution in [1.29, 1.82) is 0 Å². The Balaban J connectivity index is 2.02. The number of alkyl halides is 1. The molecule has 2 rings (SSSR count). The second-order valence-electron chi connectivity index (χ2n) is 4.32. The molecule has 0 aromatic heterocycles. The van der Waals surface area contributed by atoms with Crippen molar-refractivity contribution in [1.82, 2.24) is 0 Å². The van der Waals surface area contributed by atoms with Crippen LogP contribution < -0.4 is 10.1 Å². The normalized spacial score (nSPS) is 10.1. The van der Waals surface area contributed by atoms with E-state index in [0.29, 0.717) is 11.4 Å². The maximum atomic E-state index is 12.1. The van der Waals surface area contributed by atoms with E-state index in [9.17, 15) is 4.79 Å². The third-order valence-electron chi connectivity index (χ3n) is 2.95. The van der Waals surface area contributed by atoms with E-state index in [1.807, 2.05) is 24.3 Å². The number of hydrogen-bond donors (Lipinski definition) is 1. The third kappa shape index (κ3) is 3.75. The van der Waals surface area contributed by atoms with Crippen molar-refractivity contribution in [3.8, 4) is 5.75 Å². The van der Waals surface area contributed by atoms with Gasteiger partial charge in [-0.3, -0.25) is 4.79 Å². The maximum absolute atomic E-state index is 12.1. The first kappa shape index (κ1) is 14.4. The molecule has 3 nitrogen and oxygen atoms in total. The van der Waals surface area contributed by atoms with E-state index in [1.54, 1.807) is 31.4 Å². The van der Waals surface area contributed by atoms with Crippen LogP contribution in [-0.4, -0.2) is 18.9 Å². The summed E-state index contributed by atoms with van der Waals surface area (Å²) in [6.07, 6.45) is 0.828. The fraction of sp³-hybridized carbons (Fsp3) is 0.188. The summed E-state index contributed by atoms with van der Waals surface area (Å²) < 4.78 is 5.06. The maximum Gasteiger partial charge on any atom is 0.255 e. The van der Waals surface area contributed by atoms with Crippen LogP contribution in [0.4, 0.5) is 5.69 Å². The topological polar surface area (TPSA) is 38.3 Å². The second-order valence-corrected chi connectivity index (χ2v) is 4.70. The number of methoxy groups -OCH3 is 1. The highest BCUT2D eigenvalue weighted by Crippen LogP contribution is 2.14. The summed E-state index contributed by atoms with van der Waals surface area (Å²) >= 11 is 5.68. The molecule has 104 valence electrons. The molecule has 2 aromatic carbocycles. The second kappa shape index (κ2) is 6.96. The zero-order chi connectivity index (χ0) is 14.4. The predicted molar refractivity (Wildman–Crippen MR) is 81.8 cm³/mol. The van der Waals surface area contributed by atoms with Crippen LogP contribution in [0.2, 0.25) is 0 Å². The molecular formula is C16H16ClNO2. The van der Waals surface area contributed by atoms with Crippen LogP contribution in [0.5, 0.6) is 5.75 Å². The molecule has 0 aliphatic rings. The van der Waals surface area contributed by atoms with Crippen LogP contribution in [0.25, 0.3) is 0 Å². The molecule has 1 N–H and O–H groups in total. The van der Waals surface area contributed by atoms with Crippen LogP contribution in [0.1, 0.15) is 15.9 Å². The van der Waals surface area contributed by atoms with Gasteiger partial charge in [-0.25, -0.2) is 0 Å². The van der Waals surface area contributed by atoms with Gasteiger partial charge in [-0.1, -0.05) is 12.1 Å². The minimum absolute atomic E-state index is 0.141. The van der Waals surface area contributed by atoms with E-state index in [1.165, 1.54) is 0 Å². The van der Waals surface area contributed by atoms with E-state index in [4.69, 9.17) is 16.3 Å². The Morgan fingerprint density at radius 3 is 2.30 bits per heavy atom. The lowest BCUT2D eigenvalue weighted by Gasteiger charge is -2.07. The first-order chi connectivity index (χ1) is 9.72. The zero-order valence-corrected chi connectivity index (χ0v) is 12.0. The minimum atomic E-state index is -0.141. The summed E-state index contributed by atoms with van der Waals surface area (Å²) in [5.74, 6) is 1.18. The number of nitrogens with one attached hydrogen (secondary N) is 1. The van der Waals surface area contributed by atoms with Crippen molar-refractivity contribution in [3.05, 3.63) is 59.7 Å². The molecule has 0 aliphatic heterocycles. The van der Waals surface area contributed by atoms with Gasteiger partial charge < -0.3 is 10.1 Å². The number of rotatable bonds is 5. The molecule has 0 saturated carbocycles. The van der Waals surface area contributed by atoms with Crippen LogP contribution in [0, 0.1) is 0 Å². The number of halogens is 1. The largest absolute Gasteiger partial charge is 0.497 e. The van der Waals surface area contributed by atoms with Gasteiger partial charge in [0, 0.05) is 17.1 Å². The van der Waals surface area contributed by atoms with Crippen LogP contribution in [0.15, 0.2) is 48.5 Å². The standard InChI is InChI=1S/C16H16ClNO2/c1-20-15-8-4-13(5-9-15)16(19)18-14-6-2-12(3-7-14)10-11-17/h2-9H,10-11H2,1H3,(H,18,19). The summed E-state index contributed by atoms with van der Waals surface area (Å²) in [6, 6.07) is 14.7. The van der Waals surface area contributed by atoms with Crippen LogP contribution in [0.3, 0.4) is 0 Å². The molecule has 20 heavy (non-hydrogen) atoms. The molecule has 1 amide bonds. The molecule has 4 heteroatoms. The van der Waals surface area contributed by atoms with Crippen molar-refractivity contribution in [2.24, 2.45) is 0 Å². The first-order valence-corrected chi connectivity index (χ1v) is 6.86. The number of anilines is 1. The molecule has 0 radical (unpaired) electrons. The van der Waals surface area contributed by atoms with E-state index in [-0.39, 0.29) is 5.91 Å². The number of amides is 1. The van der Waals surface area contributed by atoms with E-state index >= 15 is 0 Å². The predicted octanol–water partition coefficient (Wildman–Crippen LogP) is 3.73. The minimum Gasteiger partial charge on any atom is -0.497 e. The quantitative estimate of drug-likeness (QED) is 0.852. The van der Waals surface area contributed by atoms with Gasteiger partial charge in [0.05, 0.1) is 7.11 Å². The molecule has 0 unspecified atom stereocenters. The molecular weight excluding hydrogens is 274 g/mol. The molecule has 0 aliphatic carbocycles. The van der Waals surface area contributed by atoms with E-state index in [0.717, 1.165) is 23.4 Å². The number of carbonyl (C=O) groups is 1. The summed E-state index contributed by atoms with van der Waals surface area (Å²) in [4.78, 5) is 12.1. The van der Waals surface area contributed by atoms with Crippen molar-refractivity contribution in [2.75, 3.05) is 18.3 Å². The Hall–Kier alpha value is -2.00. The fourth-order valence-corrected chi connectivity index (χ4v) is 2.03. The molecule has 2 aromatic rings. The highest BCUT2D eigenvalue weighted by molar-refractivity contribution is 6.18. The lowest BCUT2D eigenvalue weighted by atomic mass is 10.1. The monoisotopic (exact) mass is 289 g/mol. The lowest BCUT2D eigenvalue weighted by molar-refractivity contribution is 0.102. The number of benzene rings is 2. The van der Waals surface area contributed by atoms with Gasteiger partial charge in [-0.15, -0.1) is 11.6 Å². The smallest absolute Gasteiger partial charge is 0.255 e. The molecule has 0 bridgehead atoms. The van der Waals surface area contributed by atoms with Crippen molar-refractivity contribution < 1.29 is 9.53 Å². The molecule has 0 fully saturated rings. The Kier molecular flexibility index (Phi) is 5.02. The van der Waals surface area contributed by atoms with E-state index < -0.39 is 0 Å². The van der Waals surface area contributed by atoms with Gasteiger partial charge >= 0.3 is 0 Å². The molecule has 0 saturated heterocycles. The van der Waals surface area contributed by atoms with Gasteiger partial charge in [0.25, 0.3) is 5.91 Å². The molecule has 0 spiro atoms. The number of ether oxygens (including phenoxy) is 1. The van der Waals surface area contributed by atoms with Crippen LogP contribution >= 0.6 is 11.6 Å². The zero-order valence-electron chi connectivity index (χ0n) is 11.2. The highest BCUT2D eigenvalue weighted by atomic mass is 35.5. The number of carbonyl (C=O) groups excluding carboxylic acids is 1. The van der Waals surface area contributed by atoms with Gasteiger partial charge in [0.2, 0.25) is 0 Å². The molecule has 0 heterocycles. The Bertz CT molecular complexity index is 564. The molecule has 0 atom stereocenters. The van der Waals surface area contributed by atoms with Crippen LogP contribution in [-0.2, 0) is 6.42 Å². The number of aryl methyl sites for hydroxylation is 1. The summed E-state index contributed by atoms with van der Waals surface area (Å²) in [5.41, 5.74) is 2.52. The van der Waals surface area contributed by atoms with Gasteiger partial charge in [-0.05, 0) is 48.4 Å². The highest BCUT2D eigenvalue weighted by Gasteiger charge is 2.06. The Labute approximate surface area is 123 Å². The number of hydrogen-bond acceptors (Lipinski definition) is 2.